The summed E-state index contributed by atoms with van der Waals surface area (Å²) in [7, 11) is 0. The largest absolute Gasteiger partial charge is 0.393 e. The molecule has 0 bridgehead atoms. The summed E-state index contributed by atoms with van der Waals surface area (Å²) in [6.07, 6.45) is 7.97. The Balaban J connectivity index is 1.55. The van der Waals surface area contributed by atoms with Gasteiger partial charge in [0.1, 0.15) is 0 Å². The van der Waals surface area contributed by atoms with Crippen molar-refractivity contribution in [2.24, 2.45) is 0 Å². The molecule has 5 nitrogen and oxygen atoms in total. The van der Waals surface area contributed by atoms with Gasteiger partial charge in [-0.2, -0.15) is 5.10 Å². The highest BCUT2D eigenvalue weighted by atomic mass is 35.5. The fourth-order valence-electron chi connectivity index (χ4n) is 3.30. The number of aliphatic hydroxyl groups is 1. The van der Waals surface area contributed by atoms with Gasteiger partial charge in [-0.05, 0) is 37.5 Å². The predicted molar refractivity (Wildman–Crippen MR) is 113 cm³/mol. The molecule has 3 aromatic rings. The number of pyridine rings is 1. The molecule has 2 heterocycles. The highest BCUT2D eigenvalue weighted by Gasteiger charge is 2.28. The van der Waals surface area contributed by atoms with Crippen LogP contribution in [0.2, 0.25) is 5.02 Å². The van der Waals surface area contributed by atoms with Gasteiger partial charge in [-0.1, -0.05) is 24.6 Å². The number of nitrogens with zero attached hydrogens (tertiary/aromatic N) is 3. The standard InChI is InChI=1S/C21H22ClN3O2S/c1-2-7-24-13-15(3-6-21(24)27)25-12-14(11-23-25)19-5-4-17(10-20(19)22)28-18-8-16(26)9-18/h3-6,10-13,16,18,26H,2,7-9H2,1H3. The molecule has 0 atom stereocenters. The Labute approximate surface area is 173 Å². The lowest BCUT2D eigenvalue weighted by Gasteiger charge is -2.30. The average molecular weight is 416 g/mol. The van der Waals surface area contributed by atoms with E-state index in [1.54, 1.807) is 39.3 Å². The molecule has 0 spiro atoms. The third kappa shape index (κ3) is 4.04. The Hall–Kier alpha value is -2.02. The quantitative estimate of drug-likeness (QED) is 0.649. The van der Waals surface area contributed by atoms with Gasteiger partial charge in [0.25, 0.3) is 5.56 Å². The monoisotopic (exact) mass is 415 g/mol. The summed E-state index contributed by atoms with van der Waals surface area (Å²) in [6, 6.07) is 9.40. The zero-order valence-electron chi connectivity index (χ0n) is 15.6. The van der Waals surface area contributed by atoms with Crippen LogP contribution in [0.1, 0.15) is 26.2 Å². The molecular weight excluding hydrogens is 394 g/mol. The number of benzene rings is 1. The van der Waals surface area contributed by atoms with Crippen LogP contribution >= 0.6 is 23.4 Å². The molecule has 1 saturated carbocycles. The van der Waals surface area contributed by atoms with E-state index in [0.29, 0.717) is 16.8 Å². The molecule has 2 aromatic heterocycles. The van der Waals surface area contributed by atoms with E-state index < -0.39 is 0 Å². The van der Waals surface area contributed by atoms with Crippen molar-refractivity contribution in [2.45, 2.75) is 49.0 Å². The van der Waals surface area contributed by atoms with Gasteiger partial charge in [0.2, 0.25) is 0 Å². The second kappa shape index (κ2) is 8.15. The molecular formula is C21H22ClN3O2S. The fourth-order valence-corrected chi connectivity index (χ4v) is 5.01. The van der Waals surface area contributed by atoms with Crippen molar-refractivity contribution in [3.8, 4) is 16.8 Å². The topological polar surface area (TPSA) is 60.1 Å². The van der Waals surface area contributed by atoms with E-state index in [1.165, 1.54) is 0 Å². The summed E-state index contributed by atoms with van der Waals surface area (Å²) in [6.45, 7) is 2.73. The normalized spacial score (nSPS) is 18.8. The van der Waals surface area contributed by atoms with Gasteiger partial charge >= 0.3 is 0 Å². The summed E-state index contributed by atoms with van der Waals surface area (Å²) >= 11 is 8.30. The molecule has 146 valence electrons. The first-order valence-electron chi connectivity index (χ1n) is 9.43. The van der Waals surface area contributed by atoms with Gasteiger partial charge in [0, 0.05) is 51.3 Å². The third-order valence-electron chi connectivity index (χ3n) is 4.90. The second-order valence-electron chi connectivity index (χ2n) is 7.10. The first-order valence-corrected chi connectivity index (χ1v) is 10.7. The number of aliphatic hydroxyl groups excluding tert-OH is 1. The Morgan fingerprint density at radius 2 is 2.07 bits per heavy atom. The number of halogens is 1. The number of rotatable bonds is 6. The lowest BCUT2D eigenvalue weighted by Crippen LogP contribution is -2.30. The molecule has 0 saturated heterocycles. The van der Waals surface area contributed by atoms with E-state index in [0.717, 1.165) is 41.0 Å². The van der Waals surface area contributed by atoms with Crippen molar-refractivity contribution in [2.75, 3.05) is 0 Å². The van der Waals surface area contributed by atoms with Crippen molar-refractivity contribution in [3.05, 3.63) is 64.3 Å². The second-order valence-corrected chi connectivity index (χ2v) is 8.88. The molecule has 1 fully saturated rings. The minimum Gasteiger partial charge on any atom is -0.393 e. The van der Waals surface area contributed by atoms with Crippen molar-refractivity contribution in [1.29, 1.82) is 0 Å². The minimum atomic E-state index is -0.148. The van der Waals surface area contributed by atoms with Gasteiger partial charge < -0.3 is 9.67 Å². The summed E-state index contributed by atoms with van der Waals surface area (Å²) in [5, 5.41) is 15.0. The van der Waals surface area contributed by atoms with Gasteiger partial charge in [0.05, 0.1) is 18.0 Å². The summed E-state index contributed by atoms with van der Waals surface area (Å²) in [4.78, 5) is 13.0. The summed E-state index contributed by atoms with van der Waals surface area (Å²) < 4.78 is 3.46. The molecule has 1 aliphatic rings. The number of aryl methyl sites for hydroxylation is 1. The van der Waals surface area contributed by atoms with Crippen LogP contribution in [0.4, 0.5) is 0 Å². The zero-order valence-corrected chi connectivity index (χ0v) is 17.2. The highest BCUT2D eigenvalue weighted by Crippen LogP contribution is 2.39. The lowest BCUT2D eigenvalue weighted by molar-refractivity contribution is 0.101. The van der Waals surface area contributed by atoms with Crippen molar-refractivity contribution >= 4 is 23.4 Å². The zero-order chi connectivity index (χ0) is 19.7. The highest BCUT2D eigenvalue weighted by molar-refractivity contribution is 8.00. The average Bonchev–Trinajstić information content (AvgIpc) is 3.12. The van der Waals surface area contributed by atoms with Crippen LogP contribution in [0.5, 0.6) is 0 Å². The van der Waals surface area contributed by atoms with E-state index in [9.17, 15) is 9.90 Å². The molecule has 7 heteroatoms. The number of aromatic nitrogens is 3. The maximum atomic E-state index is 11.9. The molecule has 28 heavy (non-hydrogen) atoms. The van der Waals surface area contributed by atoms with Gasteiger partial charge in [-0.25, -0.2) is 4.68 Å². The van der Waals surface area contributed by atoms with Crippen molar-refractivity contribution in [1.82, 2.24) is 14.3 Å². The maximum absolute atomic E-state index is 11.9. The molecule has 1 N–H and O–H groups in total. The number of thioether (sulfide) groups is 1. The molecule has 0 amide bonds. The van der Waals surface area contributed by atoms with Gasteiger partial charge in [0.15, 0.2) is 0 Å². The van der Waals surface area contributed by atoms with Crippen LogP contribution in [0.15, 0.2) is 58.6 Å². The Kier molecular flexibility index (Phi) is 5.62. The minimum absolute atomic E-state index is 0.00639. The predicted octanol–water partition coefficient (Wildman–Crippen LogP) is 4.38. The van der Waals surface area contributed by atoms with Crippen molar-refractivity contribution in [3.63, 3.8) is 0 Å². The van der Waals surface area contributed by atoms with E-state index in [-0.39, 0.29) is 11.7 Å². The van der Waals surface area contributed by atoms with Crippen molar-refractivity contribution < 1.29 is 5.11 Å². The Morgan fingerprint density at radius 3 is 2.79 bits per heavy atom. The van der Waals surface area contributed by atoms with Crippen LogP contribution in [-0.2, 0) is 6.54 Å². The third-order valence-corrected chi connectivity index (χ3v) is 6.46. The molecule has 1 aliphatic carbocycles. The molecule has 0 unspecified atom stereocenters. The van der Waals surface area contributed by atoms with E-state index in [1.807, 2.05) is 31.5 Å². The summed E-state index contributed by atoms with van der Waals surface area (Å²) in [5.41, 5.74) is 2.68. The van der Waals surface area contributed by atoms with Crippen LogP contribution in [0, 0.1) is 0 Å². The molecule has 0 radical (unpaired) electrons. The fraction of sp³-hybridized carbons (Fsp3) is 0.333. The molecule has 0 aliphatic heterocycles. The van der Waals surface area contributed by atoms with E-state index in [4.69, 9.17) is 11.6 Å². The molecule has 1 aromatic carbocycles. The van der Waals surface area contributed by atoms with E-state index in [2.05, 4.69) is 11.2 Å². The van der Waals surface area contributed by atoms with Crippen LogP contribution in [-0.4, -0.2) is 30.8 Å². The van der Waals surface area contributed by atoms with Gasteiger partial charge in [-0.15, -0.1) is 11.8 Å². The molecule has 4 rings (SSSR count). The first-order chi connectivity index (χ1) is 13.5. The van der Waals surface area contributed by atoms with E-state index >= 15 is 0 Å². The Bertz CT molecular complexity index is 1040. The number of hydrogen-bond donors (Lipinski definition) is 1. The maximum Gasteiger partial charge on any atom is 0.250 e. The Morgan fingerprint density at radius 1 is 1.25 bits per heavy atom. The number of hydrogen-bond acceptors (Lipinski definition) is 4. The summed E-state index contributed by atoms with van der Waals surface area (Å²) in [5.74, 6) is 0. The first kappa shape index (κ1) is 19.3. The lowest BCUT2D eigenvalue weighted by atomic mass is 9.96. The van der Waals surface area contributed by atoms with Crippen LogP contribution in [0.3, 0.4) is 0 Å². The SMILES string of the molecule is CCCn1cc(-n2cc(-c3ccc(SC4CC(O)C4)cc3Cl)cn2)ccc1=O. The van der Waals surface area contributed by atoms with Crippen LogP contribution in [0.25, 0.3) is 16.8 Å². The smallest absolute Gasteiger partial charge is 0.250 e. The van der Waals surface area contributed by atoms with Crippen LogP contribution < -0.4 is 5.56 Å². The van der Waals surface area contributed by atoms with Gasteiger partial charge in [-0.3, -0.25) is 4.79 Å².